The molecule has 0 aliphatic carbocycles. The minimum absolute atomic E-state index is 0.248. The highest BCUT2D eigenvalue weighted by molar-refractivity contribution is 7.99. The van der Waals surface area contributed by atoms with Crippen LogP contribution in [0.5, 0.6) is 5.75 Å². The van der Waals surface area contributed by atoms with Crippen molar-refractivity contribution in [2.45, 2.75) is 31.1 Å². The normalized spacial score (nSPS) is 12.3. The van der Waals surface area contributed by atoms with Crippen LogP contribution in [0.25, 0.3) is 11.4 Å². The largest absolute Gasteiger partial charge is 0.497 e. The maximum absolute atomic E-state index is 10.2. The molecule has 3 aromatic rings. The van der Waals surface area contributed by atoms with E-state index < -0.39 is 6.10 Å². The second-order valence-electron chi connectivity index (χ2n) is 6.98. The molecule has 154 valence electrons. The number of hydrogen-bond acceptors (Lipinski definition) is 6. The zero-order chi connectivity index (χ0) is 20.6. The van der Waals surface area contributed by atoms with Gasteiger partial charge >= 0.3 is 0 Å². The van der Waals surface area contributed by atoms with Gasteiger partial charge in [0, 0.05) is 30.4 Å². The Morgan fingerprint density at radius 3 is 2.45 bits per heavy atom. The highest BCUT2D eigenvalue weighted by Crippen LogP contribution is 2.28. The third kappa shape index (κ3) is 5.59. The first-order valence-electron chi connectivity index (χ1n) is 9.76. The Morgan fingerprint density at radius 2 is 1.79 bits per heavy atom. The molecule has 7 heteroatoms. The molecule has 0 bridgehead atoms. The molecule has 0 spiro atoms. The van der Waals surface area contributed by atoms with Crippen molar-refractivity contribution in [1.29, 1.82) is 0 Å². The van der Waals surface area contributed by atoms with Crippen molar-refractivity contribution in [3.63, 3.8) is 0 Å². The molecule has 0 radical (unpaired) electrons. The van der Waals surface area contributed by atoms with Crippen LogP contribution in [0, 0.1) is 0 Å². The van der Waals surface area contributed by atoms with Gasteiger partial charge in [-0.25, -0.2) is 0 Å². The van der Waals surface area contributed by atoms with Crippen molar-refractivity contribution in [3.05, 3.63) is 60.2 Å². The second-order valence-corrected chi connectivity index (χ2v) is 8.04. The number of nitrogens with zero attached hydrogens (tertiary/aromatic N) is 3. The Balaban J connectivity index is 1.56. The Bertz CT molecular complexity index is 882. The fraction of sp³-hybridized carbons (Fsp3) is 0.364. The molecule has 0 saturated heterocycles. The van der Waals surface area contributed by atoms with E-state index in [1.54, 1.807) is 18.9 Å². The summed E-state index contributed by atoms with van der Waals surface area (Å²) >= 11 is 1.67. The molecule has 1 heterocycles. The van der Waals surface area contributed by atoms with Gasteiger partial charge < -0.3 is 15.2 Å². The minimum atomic E-state index is -0.498. The van der Waals surface area contributed by atoms with Crippen molar-refractivity contribution < 1.29 is 9.84 Å². The van der Waals surface area contributed by atoms with Gasteiger partial charge in [-0.2, -0.15) is 0 Å². The lowest BCUT2D eigenvalue weighted by molar-refractivity contribution is 0.176. The average molecular weight is 413 g/mol. The summed E-state index contributed by atoms with van der Waals surface area (Å²) in [7, 11) is 1.66. The molecule has 2 aromatic carbocycles. The molecule has 6 nitrogen and oxygen atoms in total. The van der Waals surface area contributed by atoms with Crippen molar-refractivity contribution in [1.82, 2.24) is 20.1 Å². The predicted octanol–water partition coefficient (Wildman–Crippen LogP) is 3.95. The molecular formula is C22H28N4O2S. The number of nitrogens with one attached hydrogen (secondary N) is 1. The summed E-state index contributed by atoms with van der Waals surface area (Å²) < 4.78 is 7.40. The molecule has 0 fully saturated rings. The van der Waals surface area contributed by atoms with Crippen molar-refractivity contribution in [2.24, 2.45) is 0 Å². The van der Waals surface area contributed by atoms with E-state index >= 15 is 0 Å². The fourth-order valence-corrected chi connectivity index (χ4v) is 3.99. The highest BCUT2D eigenvalue weighted by Gasteiger charge is 2.16. The third-order valence-electron chi connectivity index (χ3n) is 4.56. The first-order chi connectivity index (χ1) is 14.1. The van der Waals surface area contributed by atoms with Crippen LogP contribution in [0.3, 0.4) is 0 Å². The Hall–Kier alpha value is -2.35. The SMILES string of the molecule is COc1ccc(-c2nnc(SCCNCC(O)c3ccccc3)n2C(C)C)cc1. The van der Waals surface area contributed by atoms with Crippen LogP contribution in [0.1, 0.15) is 31.6 Å². The number of methoxy groups -OCH3 is 1. The summed E-state index contributed by atoms with van der Waals surface area (Å²) in [5, 5.41) is 23.3. The molecule has 0 aliphatic heterocycles. The molecule has 0 saturated carbocycles. The summed E-state index contributed by atoms with van der Waals surface area (Å²) in [5.41, 5.74) is 1.94. The number of hydrogen-bond donors (Lipinski definition) is 2. The van der Waals surface area contributed by atoms with Gasteiger partial charge in [0.25, 0.3) is 0 Å². The maximum atomic E-state index is 10.2. The smallest absolute Gasteiger partial charge is 0.191 e. The number of aliphatic hydroxyl groups excluding tert-OH is 1. The van der Waals surface area contributed by atoms with E-state index in [9.17, 15) is 5.11 Å². The van der Waals surface area contributed by atoms with Gasteiger partial charge in [0.15, 0.2) is 11.0 Å². The van der Waals surface area contributed by atoms with Gasteiger partial charge in [0.1, 0.15) is 5.75 Å². The van der Waals surface area contributed by atoms with E-state index in [1.807, 2.05) is 54.6 Å². The molecule has 1 unspecified atom stereocenters. The van der Waals surface area contributed by atoms with Crippen molar-refractivity contribution in [3.8, 4) is 17.1 Å². The zero-order valence-electron chi connectivity index (χ0n) is 17.1. The Labute approximate surface area is 176 Å². The van der Waals surface area contributed by atoms with E-state index in [4.69, 9.17) is 4.74 Å². The standard InChI is InChI=1S/C22H28N4O2S/c1-16(2)26-21(18-9-11-19(28-3)12-10-18)24-25-22(26)29-14-13-23-15-20(27)17-7-5-4-6-8-17/h4-12,16,20,23,27H,13-15H2,1-3H3. The van der Waals surface area contributed by atoms with Gasteiger partial charge in [0.2, 0.25) is 0 Å². The summed E-state index contributed by atoms with van der Waals surface area (Å²) in [4.78, 5) is 0. The monoisotopic (exact) mass is 412 g/mol. The van der Waals surface area contributed by atoms with E-state index in [0.29, 0.717) is 6.54 Å². The number of benzene rings is 2. The van der Waals surface area contributed by atoms with E-state index in [1.165, 1.54) is 0 Å². The van der Waals surface area contributed by atoms with Crippen LogP contribution in [-0.4, -0.2) is 45.8 Å². The number of aromatic nitrogens is 3. The summed E-state index contributed by atoms with van der Waals surface area (Å²) in [6, 6.07) is 17.8. The average Bonchev–Trinajstić information content (AvgIpc) is 3.18. The Kier molecular flexibility index (Phi) is 7.69. The van der Waals surface area contributed by atoms with E-state index in [2.05, 4.69) is 33.9 Å². The van der Waals surface area contributed by atoms with Gasteiger partial charge in [-0.3, -0.25) is 4.57 Å². The lowest BCUT2D eigenvalue weighted by atomic mass is 10.1. The molecule has 1 atom stereocenters. The highest BCUT2D eigenvalue weighted by atomic mass is 32.2. The molecule has 2 N–H and O–H groups in total. The number of thioether (sulfide) groups is 1. The second kappa shape index (κ2) is 10.4. The summed E-state index contributed by atoms with van der Waals surface area (Å²) in [6.45, 7) is 5.57. The van der Waals surface area contributed by atoms with Crippen LogP contribution < -0.4 is 10.1 Å². The van der Waals surface area contributed by atoms with Crippen LogP contribution >= 0.6 is 11.8 Å². The lowest BCUT2D eigenvalue weighted by Crippen LogP contribution is -2.23. The first-order valence-corrected chi connectivity index (χ1v) is 10.7. The molecule has 0 aliphatic rings. The van der Waals surface area contributed by atoms with Crippen LogP contribution in [0.2, 0.25) is 0 Å². The number of rotatable bonds is 10. The topological polar surface area (TPSA) is 72.2 Å². The van der Waals surface area contributed by atoms with Crippen molar-refractivity contribution >= 4 is 11.8 Å². The van der Waals surface area contributed by atoms with Gasteiger partial charge in [-0.05, 0) is 43.7 Å². The molecule has 1 aromatic heterocycles. The van der Waals surface area contributed by atoms with Gasteiger partial charge in [-0.1, -0.05) is 42.1 Å². The lowest BCUT2D eigenvalue weighted by Gasteiger charge is -2.14. The molecule has 3 rings (SSSR count). The van der Waals surface area contributed by atoms with Crippen molar-refractivity contribution in [2.75, 3.05) is 26.0 Å². The predicted molar refractivity (Wildman–Crippen MR) is 117 cm³/mol. The quantitative estimate of drug-likeness (QED) is 0.388. The number of ether oxygens (including phenoxy) is 1. The van der Waals surface area contributed by atoms with E-state index in [0.717, 1.165) is 40.2 Å². The molecule has 0 amide bonds. The molecular weight excluding hydrogens is 384 g/mol. The van der Waals surface area contributed by atoms with Gasteiger partial charge in [-0.15, -0.1) is 10.2 Å². The summed E-state index contributed by atoms with van der Waals surface area (Å²) in [6.07, 6.45) is -0.498. The van der Waals surface area contributed by atoms with Crippen LogP contribution in [-0.2, 0) is 0 Å². The van der Waals surface area contributed by atoms with Gasteiger partial charge in [0.05, 0.1) is 13.2 Å². The van der Waals surface area contributed by atoms with Crippen LogP contribution in [0.4, 0.5) is 0 Å². The first kappa shape index (κ1) is 21.4. The zero-order valence-corrected chi connectivity index (χ0v) is 17.9. The van der Waals surface area contributed by atoms with E-state index in [-0.39, 0.29) is 6.04 Å². The van der Waals surface area contributed by atoms with Crippen LogP contribution in [0.15, 0.2) is 59.8 Å². The Morgan fingerprint density at radius 1 is 1.07 bits per heavy atom. The third-order valence-corrected chi connectivity index (χ3v) is 5.51. The summed E-state index contributed by atoms with van der Waals surface area (Å²) in [5.74, 6) is 2.52. The number of aliphatic hydroxyl groups is 1. The fourth-order valence-electron chi connectivity index (χ4n) is 3.02. The minimum Gasteiger partial charge on any atom is -0.497 e. The maximum Gasteiger partial charge on any atom is 0.191 e. The molecule has 29 heavy (non-hydrogen) atoms.